The monoisotopic (exact) mass is 451 g/mol. The Hall–Kier alpha value is -1.66. The Bertz CT molecular complexity index is 1060. The van der Waals surface area contributed by atoms with Gasteiger partial charge in [-0.1, -0.05) is 17.7 Å². The molecule has 27 heavy (non-hydrogen) atoms. The van der Waals surface area contributed by atoms with E-state index < -0.39 is 32.5 Å². The zero-order chi connectivity index (χ0) is 20.4. The highest BCUT2D eigenvalue weighted by Gasteiger charge is 2.25. The molecule has 0 aliphatic rings. The number of rotatable bonds is 7. The Labute approximate surface area is 167 Å². The fourth-order valence-electron chi connectivity index (χ4n) is 2.12. The molecule has 0 aliphatic carbocycles. The number of hydrogen-bond donors (Lipinski definition) is 2. The van der Waals surface area contributed by atoms with Crippen LogP contribution in [0.2, 0.25) is 4.34 Å². The van der Waals surface area contributed by atoms with E-state index in [0.29, 0.717) is 4.34 Å². The second-order valence-corrected chi connectivity index (χ2v) is 11.5. The number of likely N-dealkylation sites (N-methyl/N-ethyl adjacent to an activating group) is 1. The third-order valence-corrected chi connectivity index (χ3v) is 7.42. The number of thiophene rings is 1. The smallest absolute Gasteiger partial charge is 0.252 e. The van der Waals surface area contributed by atoms with Gasteiger partial charge in [0, 0.05) is 7.05 Å². The predicted octanol–water partition coefficient (Wildman–Crippen LogP) is 2.34. The minimum atomic E-state index is -3.86. The highest BCUT2D eigenvalue weighted by molar-refractivity contribution is 7.92. The van der Waals surface area contributed by atoms with Crippen molar-refractivity contribution >= 4 is 60.3 Å². The van der Waals surface area contributed by atoms with Crippen molar-refractivity contribution in [1.82, 2.24) is 4.31 Å². The number of amides is 1. The largest absolute Gasteiger partial charge is 0.323 e. The van der Waals surface area contributed by atoms with Crippen molar-refractivity contribution in [1.29, 1.82) is 0 Å². The van der Waals surface area contributed by atoms with Crippen molar-refractivity contribution < 1.29 is 21.6 Å². The first kappa shape index (κ1) is 21.6. The first-order valence-electron chi connectivity index (χ1n) is 7.48. The number of benzene rings is 1. The van der Waals surface area contributed by atoms with Crippen LogP contribution in [-0.2, 0) is 24.8 Å². The summed E-state index contributed by atoms with van der Waals surface area (Å²) in [5.74, 6) is -0.620. The third kappa shape index (κ3) is 5.91. The maximum absolute atomic E-state index is 12.4. The van der Waals surface area contributed by atoms with Gasteiger partial charge in [0.1, 0.15) is 4.21 Å². The highest BCUT2D eigenvalue weighted by Crippen LogP contribution is 2.28. The molecule has 0 saturated carbocycles. The molecule has 0 radical (unpaired) electrons. The van der Waals surface area contributed by atoms with Gasteiger partial charge in [0.15, 0.2) is 0 Å². The van der Waals surface area contributed by atoms with Crippen LogP contribution < -0.4 is 10.0 Å². The lowest BCUT2D eigenvalue weighted by atomic mass is 10.2. The minimum absolute atomic E-state index is 0.0257. The van der Waals surface area contributed by atoms with Gasteiger partial charge in [0.05, 0.1) is 28.5 Å². The second kappa shape index (κ2) is 8.15. The molecule has 0 atom stereocenters. The topological polar surface area (TPSA) is 113 Å². The van der Waals surface area contributed by atoms with Crippen molar-refractivity contribution in [2.75, 3.05) is 29.9 Å². The zero-order valence-corrected chi connectivity index (χ0v) is 17.9. The van der Waals surface area contributed by atoms with Crippen molar-refractivity contribution in [2.45, 2.75) is 11.1 Å². The normalized spacial score (nSPS) is 12.2. The summed E-state index contributed by atoms with van der Waals surface area (Å²) in [5, 5.41) is 2.54. The minimum Gasteiger partial charge on any atom is -0.323 e. The van der Waals surface area contributed by atoms with Crippen LogP contribution in [-0.4, -0.2) is 46.9 Å². The average molecular weight is 452 g/mol. The molecule has 0 bridgehead atoms. The Balaban J connectivity index is 2.17. The number of carbonyl (C=O) groups excluding carboxylic acids is 1. The summed E-state index contributed by atoms with van der Waals surface area (Å²) in [6.07, 6.45) is 0.991. The number of hydrogen-bond acceptors (Lipinski definition) is 6. The van der Waals surface area contributed by atoms with Crippen LogP contribution in [0.3, 0.4) is 0 Å². The molecule has 0 aliphatic heterocycles. The first-order valence-corrected chi connectivity index (χ1v) is 12.0. The molecular weight excluding hydrogens is 434 g/mol. The van der Waals surface area contributed by atoms with Crippen LogP contribution in [0.25, 0.3) is 0 Å². The van der Waals surface area contributed by atoms with Gasteiger partial charge in [-0.05, 0) is 36.8 Å². The van der Waals surface area contributed by atoms with E-state index in [-0.39, 0.29) is 15.6 Å². The zero-order valence-electron chi connectivity index (χ0n) is 14.7. The van der Waals surface area contributed by atoms with Crippen LogP contribution in [0.1, 0.15) is 5.56 Å². The van der Waals surface area contributed by atoms with Gasteiger partial charge in [-0.2, -0.15) is 4.31 Å². The van der Waals surface area contributed by atoms with Crippen LogP contribution in [0.4, 0.5) is 11.4 Å². The molecule has 0 spiro atoms. The van der Waals surface area contributed by atoms with Gasteiger partial charge in [-0.3, -0.25) is 9.52 Å². The molecule has 1 amide bonds. The molecule has 2 N–H and O–H groups in total. The molecule has 2 rings (SSSR count). The van der Waals surface area contributed by atoms with E-state index >= 15 is 0 Å². The Morgan fingerprint density at radius 1 is 1.15 bits per heavy atom. The van der Waals surface area contributed by atoms with E-state index in [9.17, 15) is 21.6 Å². The standard InChI is InChI=1S/C15H18ClN3O5S3/c1-10-4-5-11(18-26(3,21)22)12(8-10)17-14(20)9-19(2)27(23,24)15-7-6-13(16)25-15/h4-8,18H,9H2,1-3H3,(H,17,20). The fraction of sp³-hybridized carbons (Fsp3) is 0.267. The molecule has 8 nitrogen and oxygen atoms in total. The Kier molecular flexibility index (Phi) is 6.53. The van der Waals surface area contributed by atoms with Gasteiger partial charge in [-0.25, -0.2) is 16.8 Å². The van der Waals surface area contributed by atoms with E-state index in [1.54, 1.807) is 19.1 Å². The summed E-state index contributed by atoms with van der Waals surface area (Å²) in [7, 11) is -6.13. The van der Waals surface area contributed by atoms with E-state index in [1.807, 2.05) is 0 Å². The van der Waals surface area contributed by atoms with Crippen LogP contribution in [0.15, 0.2) is 34.5 Å². The van der Waals surface area contributed by atoms with Crippen LogP contribution in [0.5, 0.6) is 0 Å². The van der Waals surface area contributed by atoms with Gasteiger partial charge >= 0.3 is 0 Å². The molecule has 1 aromatic heterocycles. The van der Waals surface area contributed by atoms with Crippen molar-refractivity contribution in [3.63, 3.8) is 0 Å². The number of aryl methyl sites for hydroxylation is 1. The quantitative estimate of drug-likeness (QED) is 0.670. The number of carbonyl (C=O) groups is 1. The molecule has 0 saturated heterocycles. The summed E-state index contributed by atoms with van der Waals surface area (Å²) in [4.78, 5) is 12.3. The molecule has 1 heterocycles. The molecule has 0 fully saturated rings. The summed E-state index contributed by atoms with van der Waals surface area (Å²) in [6.45, 7) is 1.32. The number of sulfonamides is 2. The van der Waals surface area contributed by atoms with Crippen LogP contribution >= 0.6 is 22.9 Å². The Morgan fingerprint density at radius 2 is 1.81 bits per heavy atom. The van der Waals surface area contributed by atoms with Crippen molar-refractivity contribution in [2.24, 2.45) is 0 Å². The summed E-state index contributed by atoms with van der Waals surface area (Å²) < 4.78 is 51.4. The second-order valence-electron chi connectivity index (χ2n) is 5.79. The maximum atomic E-state index is 12.4. The van der Waals surface area contributed by atoms with E-state index in [0.717, 1.165) is 27.5 Å². The van der Waals surface area contributed by atoms with E-state index in [4.69, 9.17) is 11.6 Å². The summed E-state index contributed by atoms with van der Waals surface area (Å²) in [5.41, 5.74) is 1.21. The first-order chi connectivity index (χ1) is 12.4. The SMILES string of the molecule is Cc1ccc(NS(C)(=O)=O)c(NC(=O)CN(C)S(=O)(=O)c2ccc(Cl)s2)c1. The average Bonchev–Trinajstić information content (AvgIpc) is 2.96. The predicted molar refractivity (Wildman–Crippen MR) is 107 cm³/mol. The number of nitrogens with one attached hydrogen (secondary N) is 2. The van der Waals surface area contributed by atoms with Gasteiger partial charge in [0.2, 0.25) is 15.9 Å². The molecular formula is C15H18ClN3O5S3. The van der Waals surface area contributed by atoms with Gasteiger partial charge in [0.25, 0.3) is 10.0 Å². The highest BCUT2D eigenvalue weighted by atomic mass is 35.5. The van der Waals surface area contributed by atoms with Gasteiger partial charge in [-0.15, -0.1) is 11.3 Å². The Morgan fingerprint density at radius 3 is 2.37 bits per heavy atom. The molecule has 0 unspecified atom stereocenters. The number of nitrogens with zero attached hydrogens (tertiary/aromatic N) is 1. The van der Waals surface area contributed by atoms with Crippen LogP contribution in [0, 0.1) is 6.92 Å². The van der Waals surface area contributed by atoms with Crippen molar-refractivity contribution in [3.8, 4) is 0 Å². The number of halogens is 1. The number of anilines is 2. The van der Waals surface area contributed by atoms with E-state index in [1.165, 1.54) is 25.2 Å². The fourth-order valence-corrected chi connectivity index (χ4v) is 5.52. The van der Waals surface area contributed by atoms with Crippen molar-refractivity contribution in [3.05, 3.63) is 40.2 Å². The lowest BCUT2D eigenvalue weighted by Crippen LogP contribution is -2.34. The third-order valence-electron chi connectivity index (χ3n) is 3.32. The van der Waals surface area contributed by atoms with E-state index in [2.05, 4.69) is 10.0 Å². The van der Waals surface area contributed by atoms with Gasteiger partial charge < -0.3 is 5.32 Å². The molecule has 12 heteroatoms. The molecule has 2 aromatic rings. The molecule has 1 aromatic carbocycles. The maximum Gasteiger partial charge on any atom is 0.252 e. The summed E-state index contributed by atoms with van der Waals surface area (Å²) >= 11 is 6.66. The summed E-state index contributed by atoms with van der Waals surface area (Å²) in [6, 6.07) is 7.60. The lowest BCUT2D eigenvalue weighted by Gasteiger charge is -2.17. The molecule has 148 valence electrons. The lowest BCUT2D eigenvalue weighted by molar-refractivity contribution is -0.116.